The standard InChI is InChI=1S/C14H13ClN4O/c1-8-9(2)20-12(17-8)7-16-13-10-5-3-4-6-11(10)18-14(15)19-13/h3-6H,7H2,1-2H3,(H,16,18,19). The van der Waals surface area contributed by atoms with Crippen LogP contribution in [0.1, 0.15) is 17.3 Å². The van der Waals surface area contributed by atoms with Gasteiger partial charge in [-0.05, 0) is 37.6 Å². The Hall–Kier alpha value is -2.14. The summed E-state index contributed by atoms with van der Waals surface area (Å²) in [4.78, 5) is 12.7. The van der Waals surface area contributed by atoms with Gasteiger partial charge in [0.05, 0.1) is 17.8 Å². The second-order valence-corrected chi connectivity index (χ2v) is 4.80. The van der Waals surface area contributed by atoms with E-state index >= 15 is 0 Å². The van der Waals surface area contributed by atoms with E-state index in [0.29, 0.717) is 18.3 Å². The highest BCUT2D eigenvalue weighted by Gasteiger charge is 2.09. The Morgan fingerprint density at radius 1 is 1.15 bits per heavy atom. The molecule has 0 unspecified atom stereocenters. The van der Waals surface area contributed by atoms with Gasteiger partial charge >= 0.3 is 0 Å². The third-order valence-electron chi connectivity index (χ3n) is 3.06. The lowest BCUT2D eigenvalue weighted by Gasteiger charge is -2.07. The van der Waals surface area contributed by atoms with Crippen LogP contribution < -0.4 is 5.32 Å². The first kappa shape index (κ1) is 12.9. The first-order valence-electron chi connectivity index (χ1n) is 6.22. The van der Waals surface area contributed by atoms with E-state index in [1.54, 1.807) is 0 Å². The minimum atomic E-state index is 0.214. The summed E-state index contributed by atoms with van der Waals surface area (Å²) < 4.78 is 5.53. The zero-order chi connectivity index (χ0) is 14.1. The van der Waals surface area contributed by atoms with Gasteiger partial charge in [-0.2, -0.15) is 0 Å². The van der Waals surface area contributed by atoms with Crippen LogP contribution in [0.3, 0.4) is 0 Å². The second kappa shape index (κ2) is 5.09. The number of anilines is 1. The molecular weight excluding hydrogens is 276 g/mol. The molecule has 0 aliphatic carbocycles. The number of hydrogen-bond donors (Lipinski definition) is 1. The molecule has 3 aromatic rings. The van der Waals surface area contributed by atoms with Crippen LogP contribution in [0.5, 0.6) is 0 Å². The van der Waals surface area contributed by atoms with E-state index in [9.17, 15) is 0 Å². The maximum atomic E-state index is 5.93. The minimum Gasteiger partial charge on any atom is -0.444 e. The van der Waals surface area contributed by atoms with Crippen LogP contribution in [0.2, 0.25) is 5.28 Å². The molecule has 0 saturated carbocycles. The fourth-order valence-corrected chi connectivity index (χ4v) is 2.13. The van der Waals surface area contributed by atoms with Crippen LogP contribution in [0, 0.1) is 13.8 Å². The number of rotatable bonds is 3. The van der Waals surface area contributed by atoms with Gasteiger partial charge in [-0.15, -0.1) is 0 Å². The Labute approximate surface area is 121 Å². The topological polar surface area (TPSA) is 63.8 Å². The number of hydrogen-bond acceptors (Lipinski definition) is 5. The van der Waals surface area contributed by atoms with Gasteiger partial charge < -0.3 is 9.73 Å². The summed E-state index contributed by atoms with van der Waals surface area (Å²) in [5.74, 6) is 2.13. The van der Waals surface area contributed by atoms with Crippen LogP contribution in [0.15, 0.2) is 28.7 Å². The van der Waals surface area contributed by atoms with Crippen molar-refractivity contribution in [2.45, 2.75) is 20.4 Å². The molecule has 2 heterocycles. The summed E-state index contributed by atoms with van der Waals surface area (Å²) in [7, 11) is 0. The molecule has 0 aliphatic rings. The third-order valence-corrected chi connectivity index (χ3v) is 3.22. The average Bonchev–Trinajstić information content (AvgIpc) is 2.75. The molecule has 0 amide bonds. The van der Waals surface area contributed by atoms with Crippen molar-refractivity contribution in [2.75, 3.05) is 5.32 Å². The number of benzene rings is 1. The Bertz CT molecular complexity index is 749. The van der Waals surface area contributed by atoms with Gasteiger partial charge in [0.15, 0.2) is 0 Å². The predicted molar refractivity (Wildman–Crippen MR) is 77.9 cm³/mol. The maximum absolute atomic E-state index is 5.93. The molecule has 1 N–H and O–H groups in total. The molecular formula is C14H13ClN4O. The van der Waals surface area contributed by atoms with Crippen molar-refractivity contribution < 1.29 is 4.42 Å². The minimum absolute atomic E-state index is 0.214. The molecule has 1 aromatic carbocycles. The number of nitrogens with zero attached hydrogens (tertiary/aromatic N) is 3. The normalized spacial score (nSPS) is 10.9. The lowest BCUT2D eigenvalue weighted by atomic mass is 10.2. The molecule has 5 nitrogen and oxygen atoms in total. The Kier molecular flexibility index (Phi) is 3.28. The van der Waals surface area contributed by atoms with E-state index in [0.717, 1.165) is 22.4 Å². The molecule has 0 atom stereocenters. The quantitative estimate of drug-likeness (QED) is 0.747. The predicted octanol–water partition coefficient (Wildman–Crippen LogP) is 3.50. The maximum Gasteiger partial charge on any atom is 0.224 e. The fraction of sp³-hybridized carbons (Fsp3) is 0.214. The molecule has 0 radical (unpaired) electrons. The molecule has 0 fully saturated rings. The van der Waals surface area contributed by atoms with Gasteiger partial charge in [-0.1, -0.05) is 12.1 Å². The largest absolute Gasteiger partial charge is 0.444 e. The second-order valence-electron chi connectivity index (χ2n) is 4.46. The highest BCUT2D eigenvalue weighted by atomic mass is 35.5. The molecule has 0 spiro atoms. The average molecular weight is 289 g/mol. The Morgan fingerprint density at radius 2 is 1.95 bits per heavy atom. The van der Waals surface area contributed by atoms with Gasteiger partial charge in [-0.3, -0.25) is 0 Å². The van der Waals surface area contributed by atoms with Crippen molar-refractivity contribution in [3.63, 3.8) is 0 Å². The van der Waals surface area contributed by atoms with E-state index in [1.165, 1.54) is 0 Å². The number of oxazole rings is 1. The van der Waals surface area contributed by atoms with Crippen LogP contribution in [-0.4, -0.2) is 15.0 Å². The first-order valence-corrected chi connectivity index (χ1v) is 6.60. The number of aryl methyl sites for hydroxylation is 2. The van der Waals surface area contributed by atoms with Crippen molar-refractivity contribution >= 4 is 28.3 Å². The van der Waals surface area contributed by atoms with Crippen molar-refractivity contribution in [1.82, 2.24) is 15.0 Å². The highest BCUT2D eigenvalue weighted by molar-refractivity contribution is 6.28. The smallest absolute Gasteiger partial charge is 0.224 e. The van der Waals surface area contributed by atoms with Crippen LogP contribution in [-0.2, 0) is 6.54 Å². The van der Waals surface area contributed by atoms with Crippen molar-refractivity contribution in [3.8, 4) is 0 Å². The van der Waals surface area contributed by atoms with Gasteiger partial charge in [0.25, 0.3) is 0 Å². The summed E-state index contributed by atoms with van der Waals surface area (Å²) in [5, 5.41) is 4.32. The van der Waals surface area contributed by atoms with E-state index < -0.39 is 0 Å². The number of halogens is 1. The van der Waals surface area contributed by atoms with Gasteiger partial charge in [0.1, 0.15) is 11.6 Å². The Balaban J connectivity index is 1.90. The van der Waals surface area contributed by atoms with Gasteiger partial charge in [0, 0.05) is 5.39 Å². The van der Waals surface area contributed by atoms with Crippen LogP contribution >= 0.6 is 11.6 Å². The summed E-state index contributed by atoms with van der Waals surface area (Å²) in [6.07, 6.45) is 0. The van der Waals surface area contributed by atoms with E-state index in [4.69, 9.17) is 16.0 Å². The van der Waals surface area contributed by atoms with Crippen LogP contribution in [0.25, 0.3) is 10.9 Å². The highest BCUT2D eigenvalue weighted by Crippen LogP contribution is 2.22. The zero-order valence-electron chi connectivity index (χ0n) is 11.1. The van der Waals surface area contributed by atoms with Crippen molar-refractivity contribution in [2.24, 2.45) is 0 Å². The summed E-state index contributed by atoms with van der Waals surface area (Å²) >= 11 is 5.93. The molecule has 0 saturated heterocycles. The van der Waals surface area contributed by atoms with Crippen LogP contribution in [0.4, 0.5) is 5.82 Å². The molecule has 3 rings (SSSR count). The third kappa shape index (κ3) is 2.44. The Morgan fingerprint density at radius 3 is 2.70 bits per heavy atom. The number of aromatic nitrogens is 3. The molecule has 0 aliphatic heterocycles. The summed E-state index contributed by atoms with van der Waals surface area (Å²) in [5.41, 5.74) is 1.70. The van der Waals surface area contributed by atoms with E-state index in [1.807, 2.05) is 38.1 Å². The summed E-state index contributed by atoms with van der Waals surface area (Å²) in [6, 6.07) is 7.69. The lowest BCUT2D eigenvalue weighted by molar-refractivity contribution is 0.478. The lowest BCUT2D eigenvalue weighted by Crippen LogP contribution is -2.03. The molecule has 2 aromatic heterocycles. The van der Waals surface area contributed by atoms with E-state index in [-0.39, 0.29) is 5.28 Å². The molecule has 102 valence electrons. The first-order chi connectivity index (χ1) is 9.63. The number of para-hydroxylation sites is 1. The molecule has 0 bridgehead atoms. The number of nitrogens with one attached hydrogen (secondary N) is 1. The van der Waals surface area contributed by atoms with Crippen molar-refractivity contribution in [1.29, 1.82) is 0 Å². The van der Waals surface area contributed by atoms with Crippen molar-refractivity contribution in [3.05, 3.63) is 46.9 Å². The molecule has 6 heteroatoms. The van der Waals surface area contributed by atoms with Gasteiger partial charge in [0.2, 0.25) is 11.2 Å². The SMILES string of the molecule is Cc1nc(CNc2nc(Cl)nc3ccccc23)oc1C. The van der Waals surface area contributed by atoms with Gasteiger partial charge in [-0.25, -0.2) is 15.0 Å². The fourth-order valence-electron chi connectivity index (χ4n) is 1.96. The number of fused-ring (bicyclic) bond motifs is 1. The zero-order valence-corrected chi connectivity index (χ0v) is 11.9. The molecule has 20 heavy (non-hydrogen) atoms. The van der Waals surface area contributed by atoms with E-state index in [2.05, 4.69) is 20.3 Å². The monoisotopic (exact) mass is 288 g/mol. The summed E-state index contributed by atoms with van der Waals surface area (Å²) in [6.45, 7) is 4.26.